The van der Waals surface area contributed by atoms with Gasteiger partial charge in [0.25, 0.3) is 17.7 Å². The van der Waals surface area contributed by atoms with Gasteiger partial charge in [-0.3, -0.25) is 28.9 Å². The molecular weight excluding hydrogens is 388 g/mol. The van der Waals surface area contributed by atoms with Crippen LogP contribution in [0.1, 0.15) is 63.7 Å². The zero-order valence-corrected chi connectivity index (χ0v) is 17.2. The molecule has 3 rings (SSSR count). The smallest absolute Gasteiger partial charge is 0.261 e. The molecule has 2 N–H and O–H groups in total. The Bertz CT molecular complexity index is 897. The molecule has 2 aliphatic rings. The normalized spacial score (nSPS) is 17.9. The maximum atomic E-state index is 12.5. The first-order valence-corrected chi connectivity index (χ1v) is 10.2. The monoisotopic (exact) mass is 414 g/mol. The van der Waals surface area contributed by atoms with Crippen molar-refractivity contribution in [2.45, 2.75) is 38.6 Å². The van der Waals surface area contributed by atoms with Gasteiger partial charge in [-0.05, 0) is 37.5 Å². The van der Waals surface area contributed by atoms with Crippen molar-refractivity contribution in [1.29, 1.82) is 0 Å². The molecule has 9 nitrogen and oxygen atoms in total. The minimum atomic E-state index is -0.519. The predicted molar refractivity (Wildman–Crippen MR) is 108 cm³/mol. The fourth-order valence-electron chi connectivity index (χ4n) is 3.82. The Morgan fingerprint density at radius 1 is 1.13 bits per heavy atom. The lowest BCUT2D eigenvalue weighted by molar-refractivity contribution is -0.137. The summed E-state index contributed by atoms with van der Waals surface area (Å²) < 4.78 is 0. The maximum absolute atomic E-state index is 12.5. The molecule has 0 saturated carbocycles. The van der Waals surface area contributed by atoms with Crippen LogP contribution in [0.3, 0.4) is 0 Å². The number of imide groups is 1. The molecule has 160 valence electrons. The third-order valence-corrected chi connectivity index (χ3v) is 5.49. The van der Waals surface area contributed by atoms with Gasteiger partial charge >= 0.3 is 0 Å². The number of benzene rings is 1. The highest BCUT2D eigenvalue weighted by molar-refractivity contribution is 6.22. The summed E-state index contributed by atoms with van der Waals surface area (Å²) in [5.41, 5.74) is 0.688. The zero-order valence-electron chi connectivity index (χ0n) is 17.2. The summed E-state index contributed by atoms with van der Waals surface area (Å²) in [6.45, 7) is 2.54. The van der Waals surface area contributed by atoms with Crippen molar-refractivity contribution in [3.05, 3.63) is 34.9 Å². The molecule has 5 amide bonds. The average molecular weight is 414 g/mol. The Kier molecular flexibility index (Phi) is 6.49. The number of carbonyl (C=O) groups excluding carboxylic acids is 5. The summed E-state index contributed by atoms with van der Waals surface area (Å²) in [5.74, 6) is -1.83. The predicted octanol–water partition coefficient (Wildman–Crippen LogP) is 0.550. The second-order valence-electron chi connectivity index (χ2n) is 7.42. The van der Waals surface area contributed by atoms with Crippen molar-refractivity contribution < 1.29 is 24.0 Å². The summed E-state index contributed by atoms with van der Waals surface area (Å²) in [7, 11) is 1.52. The van der Waals surface area contributed by atoms with E-state index in [1.807, 2.05) is 6.92 Å². The van der Waals surface area contributed by atoms with Crippen molar-refractivity contribution in [2.75, 3.05) is 26.7 Å². The summed E-state index contributed by atoms with van der Waals surface area (Å²) in [6, 6.07) is 3.82. The van der Waals surface area contributed by atoms with Crippen LogP contribution < -0.4 is 10.6 Å². The lowest BCUT2D eigenvalue weighted by Gasteiger charge is -2.23. The van der Waals surface area contributed by atoms with Gasteiger partial charge < -0.3 is 15.5 Å². The molecule has 0 aromatic heterocycles. The van der Waals surface area contributed by atoms with Gasteiger partial charge in [0, 0.05) is 25.7 Å². The van der Waals surface area contributed by atoms with E-state index in [0.717, 1.165) is 12.8 Å². The third kappa shape index (κ3) is 4.05. The molecule has 1 fully saturated rings. The van der Waals surface area contributed by atoms with Crippen LogP contribution >= 0.6 is 0 Å². The standard InChI is InChI=1S/C21H26N4O5/c1-3-4-9-25-20(29)14-8-7-13(11-15(14)21(25)30)18(27)23-12-17(26)24-10-5-6-16(24)19(28)22-2/h7-8,11,16H,3-6,9-10,12H2,1-2H3,(H,22,28)(H,23,27). The van der Waals surface area contributed by atoms with Gasteiger partial charge in [-0.1, -0.05) is 13.3 Å². The molecule has 1 aromatic rings. The van der Waals surface area contributed by atoms with Gasteiger partial charge in [-0.15, -0.1) is 0 Å². The topological polar surface area (TPSA) is 116 Å². The molecule has 2 aliphatic heterocycles. The van der Waals surface area contributed by atoms with Crippen molar-refractivity contribution >= 4 is 29.5 Å². The van der Waals surface area contributed by atoms with Crippen LogP contribution in [0.4, 0.5) is 0 Å². The molecule has 1 unspecified atom stereocenters. The molecule has 30 heavy (non-hydrogen) atoms. The van der Waals surface area contributed by atoms with E-state index in [1.54, 1.807) is 0 Å². The lowest BCUT2D eigenvalue weighted by atomic mass is 10.1. The quantitative estimate of drug-likeness (QED) is 0.632. The molecule has 9 heteroatoms. The van der Waals surface area contributed by atoms with Gasteiger partial charge in [-0.25, -0.2) is 0 Å². The number of nitrogens with zero attached hydrogens (tertiary/aromatic N) is 2. The van der Waals surface area contributed by atoms with E-state index >= 15 is 0 Å². The van der Waals surface area contributed by atoms with Crippen LogP contribution in [0.15, 0.2) is 18.2 Å². The average Bonchev–Trinajstić information content (AvgIpc) is 3.34. The number of likely N-dealkylation sites (tertiary alicyclic amines) is 1. The Hall–Kier alpha value is -3.23. The second kappa shape index (κ2) is 9.06. The maximum Gasteiger partial charge on any atom is 0.261 e. The lowest BCUT2D eigenvalue weighted by Crippen LogP contribution is -2.48. The molecule has 1 aromatic carbocycles. The van der Waals surface area contributed by atoms with Crippen LogP contribution in [-0.2, 0) is 9.59 Å². The summed E-state index contributed by atoms with van der Waals surface area (Å²) in [5, 5.41) is 5.09. The van der Waals surface area contributed by atoms with Crippen LogP contribution in [0.2, 0.25) is 0 Å². The Balaban J connectivity index is 1.64. The molecule has 0 aliphatic carbocycles. The fraction of sp³-hybridized carbons (Fsp3) is 0.476. The van der Waals surface area contributed by atoms with Gasteiger partial charge in [0.1, 0.15) is 6.04 Å². The number of carbonyl (C=O) groups is 5. The second-order valence-corrected chi connectivity index (χ2v) is 7.42. The Labute approximate surface area is 174 Å². The first-order valence-electron chi connectivity index (χ1n) is 10.2. The minimum absolute atomic E-state index is 0.198. The zero-order chi connectivity index (χ0) is 21.8. The highest BCUT2D eigenvalue weighted by Crippen LogP contribution is 2.24. The number of unbranched alkanes of at least 4 members (excludes halogenated alkanes) is 1. The van der Waals surface area contributed by atoms with Crippen LogP contribution in [-0.4, -0.2) is 72.1 Å². The Morgan fingerprint density at radius 3 is 2.57 bits per heavy atom. The van der Waals surface area contributed by atoms with Gasteiger partial charge in [-0.2, -0.15) is 0 Å². The largest absolute Gasteiger partial charge is 0.357 e. The molecule has 1 atom stereocenters. The number of hydrogen-bond acceptors (Lipinski definition) is 5. The molecule has 0 radical (unpaired) electrons. The minimum Gasteiger partial charge on any atom is -0.357 e. The summed E-state index contributed by atoms with van der Waals surface area (Å²) >= 11 is 0. The fourth-order valence-corrected chi connectivity index (χ4v) is 3.82. The molecule has 0 bridgehead atoms. The highest BCUT2D eigenvalue weighted by Gasteiger charge is 2.36. The molecule has 0 spiro atoms. The van der Waals surface area contributed by atoms with Gasteiger partial charge in [0.15, 0.2) is 0 Å². The highest BCUT2D eigenvalue weighted by atomic mass is 16.2. The number of likely N-dealkylation sites (N-methyl/N-ethyl adjacent to an activating group) is 1. The molecule has 1 saturated heterocycles. The van der Waals surface area contributed by atoms with E-state index in [0.29, 0.717) is 25.9 Å². The number of rotatable bonds is 7. The summed E-state index contributed by atoms with van der Waals surface area (Å²) in [4.78, 5) is 64.4. The van der Waals surface area contributed by atoms with Crippen molar-refractivity contribution in [3.8, 4) is 0 Å². The van der Waals surface area contributed by atoms with Crippen molar-refractivity contribution in [3.63, 3.8) is 0 Å². The molecular formula is C21H26N4O5. The third-order valence-electron chi connectivity index (χ3n) is 5.49. The van der Waals surface area contributed by atoms with E-state index in [2.05, 4.69) is 10.6 Å². The molecule has 2 heterocycles. The number of hydrogen-bond donors (Lipinski definition) is 2. The Morgan fingerprint density at radius 2 is 1.87 bits per heavy atom. The van der Waals surface area contributed by atoms with Crippen molar-refractivity contribution in [1.82, 2.24) is 20.4 Å². The van der Waals surface area contributed by atoms with E-state index < -0.39 is 17.9 Å². The van der Waals surface area contributed by atoms with Crippen LogP contribution in [0, 0.1) is 0 Å². The summed E-state index contributed by atoms with van der Waals surface area (Å²) in [6.07, 6.45) is 2.89. The van der Waals surface area contributed by atoms with E-state index in [-0.39, 0.29) is 41.0 Å². The van der Waals surface area contributed by atoms with E-state index in [9.17, 15) is 24.0 Å². The number of nitrogens with one attached hydrogen (secondary N) is 2. The van der Waals surface area contributed by atoms with Gasteiger partial charge in [0.05, 0.1) is 17.7 Å². The number of fused-ring (bicyclic) bond motifs is 1. The van der Waals surface area contributed by atoms with E-state index in [4.69, 9.17) is 0 Å². The van der Waals surface area contributed by atoms with Crippen molar-refractivity contribution in [2.24, 2.45) is 0 Å². The SMILES string of the molecule is CCCCN1C(=O)c2ccc(C(=O)NCC(=O)N3CCCC3C(=O)NC)cc2C1=O. The van der Waals surface area contributed by atoms with Crippen LogP contribution in [0.5, 0.6) is 0 Å². The van der Waals surface area contributed by atoms with Gasteiger partial charge in [0.2, 0.25) is 11.8 Å². The first-order chi connectivity index (χ1) is 14.4. The first kappa shape index (κ1) is 21.5. The number of amides is 5. The van der Waals surface area contributed by atoms with Crippen LogP contribution in [0.25, 0.3) is 0 Å². The van der Waals surface area contributed by atoms with E-state index in [1.165, 1.54) is 35.0 Å².